The molecular formula is C105H61F2NO2. The molecule has 5 heteroatoms. The maximum absolute atomic E-state index is 15.5. The molecule has 0 fully saturated rings. The number of hydrogen-bond donors (Lipinski definition) is 0. The van der Waals surface area contributed by atoms with Crippen molar-refractivity contribution in [2.45, 2.75) is 0 Å². The second-order valence-corrected chi connectivity index (χ2v) is 28.3. The van der Waals surface area contributed by atoms with E-state index in [1.54, 1.807) is 0 Å². The van der Waals surface area contributed by atoms with Crippen LogP contribution in [0.4, 0.5) is 14.5 Å². The zero-order chi connectivity index (χ0) is 73.1. The number of hydrogen-bond acceptors (Lipinski definition) is 2. The lowest BCUT2D eigenvalue weighted by atomic mass is 9.85. The van der Waals surface area contributed by atoms with Gasteiger partial charge in [-0.05, 0) is 178 Å². The van der Waals surface area contributed by atoms with Crippen molar-refractivity contribution in [2.75, 3.05) is 0 Å². The van der Waals surface area contributed by atoms with E-state index < -0.39 is 11.6 Å². The molecule has 0 N–H and O–H groups in total. The molecule has 0 radical (unpaired) electrons. The fourth-order valence-corrected chi connectivity index (χ4v) is 17.9. The molecule has 0 aliphatic carbocycles. The van der Waals surface area contributed by atoms with Gasteiger partial charge in [0.05, 0.1) is 12.1 Å². The van der Waals surface area contributed by atoms with Crippen molar-refractivity contribution in [2.24, 2.45) is 0 Å². The Hall–Kier alpha value is -14.6. The standard InChI is InChI=1S/C53H31NO.C52H30F2O/c1-54-47-29-14-13-26-44(47)51-39-22-9-7-20-37(39)50(38-21-8-10-23-40(38)51)34-30-31-48-46(32-34)43-27-15-28-45(53(43)55-48)52-41-24-11-5-18-35(41)49(33-16-3-2-4-17-33)36-19-6-12-25-42(36)52;53-44-26-13-27-45(54)51(44)50-39-22-10-6-18-35(39)48(36-19-7-11-23-40(36)50)32-28-29-46-43(30-32)41-24-12-25-42(52(41)55-46)49-37-20-8-4-16-33(37)47(31-14-2-1-3-15-31)34-17-5-9-21-38(34)49/h2-32H;1-30H. The molecule has 0 atom stereocenters. The number of rotatable bonds is 8. The summed E-state index contributed by atoms with van der Waals surface area (Å²) in [6, 6.07) is 127. The van der Waals surface area contributed by atoms with Gasteiger partial charge in [-0.2, -0.15) is 0 Å². The number of halogens is 2. The quantitative estimate of drug-likeness (QED) is 0.112. The highest BCUT2D eigenvalue weighted by atomic mass is 19.1. The van der Waals surface area contributed by atoms with Crippen LogP contribution in [-0.4, -0.2) is 0 Å². The molecule has 0 unspecified atom stereocenters. The molecule has 0 aliphatic rings. The molecular weight excluding hydrogens is 1350 g/mol. The van der Waals surface area contributed by atoms with E-state index in [1.807, 2.05) is 66.7 Å². The van der Waals surface area contributed by atoms with Gasteiger partial charge < -0.3 is 8.83 Å². The molecule has 110 heavy (non-hydrogen) atoms. The highest BCUT2D eigenvalue weighted by molar-refractivity contribution is 6.29. The third-order valence-electron chi connectivity index (χ3n) is 22.5. The van der Waals surface area contributed by atoms with Gasteiger partial charge in [0, 0.05) is 49.4 Å². The van der Waals surface area contributed by atoms with E-state index in [2.05, 4.69) is 290 Å². The zero-order valence-corrected chi connectivity index (χ0v) is 59.2. The Morgan fingerprint density at radius 2 is 0.445 bits per heavy atom. The molecule has 22 rings (SSSR count). The van der Waals surface area contributed by atoms with Crippen molar-refractivity contribution in [3.05, 3.63) is 393 Å². The fraction of sp³-hybridized carbons (Fsp3) is 0. The summed E-state index contributed by atoms with van der Waals surface area (Å²) in [6.45, 7) is 7.96. The predicted molar refractivity (Wildman–Crippen MR) is 457 cm³/mol. The first-order valence-electron chi connectivity index (χ1n) is 37.1. The van der Waals surface area contributed by atoms with E-state index in [0.717, 1.165) is 142 Å². The normalized spacial score (nSPS) is 11.7. The van der Waals surface area contributed by atoms with Crippen LogP contribution in [0.1, 0.15) is 0 Å². The van der Waals surface area contributed by atoms with Gasteiger partial charge in [0.2, 0.25) is 0 Å². The summed E-state index contributed by atoms with van der Waals surface area (Å²) in [6.07, 6.45) is 0. The predicted octanol–water partition coefficient (Wildman–Crippen LogP) is 30.6. The van der Waals surface area contributed by atoms with Gasteiger partial charge in [0.15, 0.2) is 5.69 Å². The summed E-state index contributed by atoms with van der Waals surface area (Å²) in [5.74, 6) is -1.17. The molecule has 512 valence electrons. The van der Waals surface area contributed by atoms with Crippen molar-refractivity contribution in [1.82, 2.24) is 0 Å². The Morgan fingerprint density at radius 3 is 0.782 bits per heavy atom. The van der Waals surface area contributed by atoms with E-state index >= 15 is 8.78 Å². The second kappa shape index (κ2) is 25.9. The Balaban J connectivity index is 0.000000140. The maximum atomic E-state index is 15.5. The van der Waals surface area contributed by atoms with Crippen LogP contribution < -0.4 is 0 Å². The van der Waals surface area contributed by atoms with Crippen molar-refractivity contribution in [3.8, 4) is 89.0 Å². The van der Waals surface area contributed by atoms with E-state index in [0.29, 0.717) is 11.3 Å². The third-order valence-corrected chi connectivity index (χ3v) is 22.5. The molecule has 22 aromatic rings. The molecule has 0 saturated heterocycles. The van der Waals surface area contributed by atoms with Crippen LogP contribution in [0.5, 0.6) is 0 Å². The van der Waals surface area contributed by atoms with Gasteiger partial charge in [-0.1, -0.05) is 334 Å². The van der Waals surface area contributed by atoms with Gasteiger partial charge >= 0.3 is 0 Å². The van der Waals surface area contributed by atoms with E-state index in [4.69, 9.17) is 15.4 Å². The van der Waals surface area contributed by atoms with Gasteiger partial charge in [-0.25, -0.2) is 13.6 Å². The summed E-state index contributed by atoms with van der Waals surface area (Å²) in [4.78, 5) is 3.92. The third kappa shape index (κ3) is 10.0. The molecule has 3 nitrogen and oxygen atoms in total. The number of para-hydroxylation sites is 3. The second-order valence-electron chi connectivity index (χ2n) is 28.3. The van der Waals surface area contributed by atoms with Crippen LogP contribution in [-0.2, 0) is 0 Å². The minimum Gasteiger partial charge on any atom is -0.455 e. The lowest BCUT2D eigenvalue weighted by Crippen LogP contribution is -1.95. The summed E-state index contributed by atoms with van der Waals surface area (Å²) in [5.41, 5.74) is 20.2. The van der Waals surface area contributed by atoms with Crippen LogP contribution in [0.25, 0.3) is 224 Å². The van der Waals surface area contributed by atoms with Crippen LogP contribution in [0, 0.1) is 18.2 Å². The first-order valence-corrected chi connectivity index (χ1v) is 37.1. The smallest absolute Gasteiger partial charge is 0.194 e. The van der Waals surface area contributed by atoms with Gasteiger partial charge in [0.25, 0.3) is 0 Å². The van der Waals surface area contributed by atoms with Crippen molar-refractivity contribution in [1.29, 1.82) is 0 Å². The van der Waals surface area contributed by atoms with Gasteiger partial charge in [-0.15, -0.1) is 0 Å². The molecule has 2 aromatic heterocycles. The Morgan fingerprint density at radius 1 is 0.191 bits per heavy atom. The van der Waals surface area contributed by atoms with E-state index in [-0.39, 0.29) is 5.56 Å². The minimum atomic E-state index is -0.583. The average Bonchev–Trinajstić information content (AvgIpc) is 1.38. The Bertz CT molecular complexity index is 7380. The van der Waals surface area contributed by atoms with Gasteiger partial charge in [0.1, 0.15) is 34.0 Å². The maximum Gasteiger partial charge on any atom is 0.194 e. The first-order chi connectivity index (χ1) is 54.4. The molecule has 0 bridgehead atoms. The molecule has 0 amide bonds. The lowest BCUT2D eigenvalue weighted by Gasteiger charge is -2.18. The highest BCUT2D eigenvalue weighted by Crippen LogP contribution is 2.53. The number of furan rings is 2. The largest absolute Gasteiger partial charge is 0.455 e. The minimum absolute atomic E-state index is 0.0119. The zero-order valence-electron chi connectivity index (χ0n) is 59.2. The summed E-state index contributed by atoms with van der Waals surface area (Å²) >= 11 is 0. The first kappa shape index (κ1) is 63.9. The van der Waals surface area contributed by atoms with Crippen molar-refractivity contribution < 1.29 is 17.6 Å². The molecule has 2 heterocycles. The average molecular weight is 1410 g/mol. The molecule has 0 spiro atoms. The van der Waals surface area contributed by atoms with Gasteiger partial charge in [-0.3, -0.25) is 0 Å². The van der Waals surface area contributed by atoms with Crippen LogP contribution >= 0.6 is 0 Å². The topological polar surface area (TPSA) is 30.6 Å². The van der Waals surface area contributed by atoms with E-state index in [1.165, 1.54) is 83.9 Å². The Labute approximate surface area is 631 Å². The molecule has 20 aromatic carbocycles. The van der Waals surface area contributed by atoms with Crippen molar-refractivity contribution >= 4 is 136 Å². The number of benzene rings is 20. The lowest BCUT2D eigenvalue weighted by molar-refractivity contribution is 0.590. The Kier molecular flexibility index (Phi) is 15.0. The number of fused-ring (bicyclic) bond motifs is 14. The van der Waals surface area contributed by atoms with Crippen molar-refractivity contribution in [3.63, 3.8) is 0 Å². The van der Waals surface area contributed by atoms with Crippen LogP contribution in [0.2, 0.25) is 0 Å². The summed E-state index contributed by atoms with van der Waals surface area (Å²) in [5, 5.41) is 21.7. The monoisotopic (exact) mass is 1410 g/mol. The summed E-state index contributed by atoms with van der Waals surface area (Å²) < 4.78 is 44.7. The van der Waals surface area contributed by atoms with Crippen LogP contribution in [0.3, 0.4) is 0 Å². The van der Waals surface area contributed by atoms with Crippen LogP contribution in [0.15, 0.2) is 379 Å². The SMILES string of the molecule is Fc1cccc(F)c1-c1c2ccccc2c(-c2ccc3oc4c(-c5c6ccccc6c(-c6ccccc6)c6ccccc56)cccc4c3c2)c2ccccc12.[C-]#[N+]c1ccccc1-c1c2ccccc2c(-c2ccc3oc4c(-c5c6ccccc6c(-c6ccccc6)c6ccccc56)cccc4c3c2)c2ccccc12. The fourth-order valence-electron chi connectivity index (χ4n) is 17.9. The van der Waals surface area contributed by atoms with E-state index in [9.17, 15) is 0 Å². The molecule has 0 saturated carbocycles. The summed E-state index contributed by atoms with van der Waals surface area (Å²) in [7, 11) is 0. The highest BCUT2D eigenvalue weighted by Gasteiger charge is 2.27. The molecule has 0 aliphatic heterocycles. The number of nitrogens with zero attached hydrogens (tertiary/aromatic N) is 1.